The smallest absolute Gasteiger partial charge is 0.0470 e. The lowest BCUT2D eigenvalue weighted by Crippen LogP contribution is -1.97. The van der Waals surface area contributed by atoms with Gasteiger partial charge in [0.2, 0.25) is 0 Å². The van der Waals surface area contributed by atoms with E-state index in [1.54, 1.807) is 0 Å². The van der Waals surface area contributed by atoms with Gasteiger partial charge in [-0.15, -0.1) is 0 Å². The first kappa shape index (κ1) is 11.0. The molecule has 1 heteroatoms. The molecule has 0 aliphatic carbocycles. The molecule has 1 aromatic carbocycles. The van der Waals surface area contributed by atoms with Gasteiger partial charge in [-0.1, -0.05) is 38.1 Å². The van der Waals surface area contributed by atoms with Crippen LogP contribution in [0.4, 0.5) is 0 Å². The Kier molecular flexibility index (Phi) is 3.45. The van der Waals surface area contributed by atoms with Crippen LogP contribution >= 0.6 is 0 Å². The average molecular weight is 213 g/mol. The molecule has 1 aromatic heterocycles. The molecule has 0 amide bonds. The van der Waals surface area contributed by atoms with Crippen LogP contribution in [-0.4, -0.2) is 4.57 Å². The van der Waals surface area contributed by atoms with Gasteiger partial charge in [0.25, 0.3) is 0 Å². The topological polar surface area (TPSA) is 4.93 Å². The van der Waals surface area contributed by atoms with E-state index in [1.807, 2.05) is 0 Å². The maximum atomic E-state index is 2.28. The van der Waals surface area contributed by atoms with E-state index >= 15 is 0 Å². The molecule has 2 aromatic rings. The van der Waals surface area contributed by atoms with Gasteiger partial charge >= 0.3 is 0 Å². The average Bonchev–Trinajstić information content (AvgIpc) is 2.82. The Morgan fingerprint density at radius 1 is 1.06 bits per heavy atom. The zero-order valence-corrected chi connectivity index (χ0v) is 10.1. The van der Waals surface area contributed by atoms with Crippen LogP contribution in [0, 0.1) is 0 Å². The number of aromatic nitrogens is 1. The summed E-state index contributed by atoms with van der Waals surface area (Å²) in [7, 11) is 0. The minimum Gasteiger partial charge on any atom is -0.350 e. The minimum atomic E-state index is 0.667. The minimum absolute atomic E-state index is 0.667. The van der Waals surface area contributed by atoms with Gasteiger partial charge in [-0.2, -0.15) is 0 Å². The zero-order valence-electron chi connectivity index (χ0n) is 10.1. The Morgan fingerprint density at radius 3 is 2.25 bits per heavy atom. The molecule has 0 saturated carbocycles. The molecule has 0 fully saturated rings. The Bertz CT molecular complexity index is 411. The summed E-state index contributed by atoms with van der Waals surface area (Å²) in [5, 5.41) is 0. The van der Waals surface area contributed by atoms with E-state index in [2.05, 4.69) is 67.2 Å². The number of hydrogen-bond acceptors (Lipinski definition) is 0. The van der Waals surface area contributed by atoms with E-state index in [1.165, 1.54) is 17.5 Å². The summed E-state index contributed by atoms with van der Waals surface area (Å²) in [6.07, 6.45) is 5.40. The molecule has 1 atom stereocenters. The standard InChI is InChI=1S/C15H19N/c1-3-13(2)15-8-6-14(7-9-15)12-16-10-4-5-11-16/h4-11,13H,3,12H2,1-2H3. The van der Waals surface area contributed by atoms with E-state index in [4.69, 9.17) is 0 Å². The highest BCUT2D eigenvalue weighted by Crippen LogP contribution is 2.19. The number of benzene rings is 1. The first-order chi connectivity index (χ1) is 7.79. The normalized spacial score (nSPS) is 12.6. The summed E-state index contributed by atoms with van der Waals surface area (Å²) in [5.74, 6) is 0.667. The van der Waals surface area contributed by atoms with Crippen molar-refractivity contribution in [1.82, 2.24) is 4.57 Å². The second kappa shape index (κ2) is 5.02. The van der Waals surface area contributed by atoms with Crippen molar-refractivity contribution in [3.63, 3.8) is 0 Å². The molecule has 84 valence electrons. The lowest BCUT2D eigenvalue weighted by Gasteiger charge is -2.10. The van der Waals surface area contributed by atoms with Crippen molar-refractivity contribution >= 4 is 0 Å². The molecule has 0 bridgehead atoms. The van der Waals surface area contributed by atoms with Gasteiger partial charge in [0.15, 0.2) is 0 Å². The molecule has 1 nitrogen and oxygen atoms in total. The van der Waals surface area contributed by atoms with Gasteiger partial charge in [-0.05, 0) is 35.6 Å². The maximum Gasteiger partial charge on any atom is 0.0470 e. The van der Waals surface area contributed by atoms with Crippen LogP contribution in [0.15, 0.2) is 48.8 Å². The molecular weight excluding hydrogens is 194 g/mol. The van der Waals surface area contributed by atoms with E-state index in [-0.39, 0.29) is 0 Å². The van der Waals surface area contributed by atoms with Crippen LogP contribution < -0.4 is 0 Å². The lowest BCUT2D eigenvalue weighted by molar-refractivity contribution is 0.731. The van der Waals surface area contributed by atoms with Gasteiger partial charge in [-0.25, -0.2) is 0 Å². The van der Waals surface area contributed by atoms with Gasteiger partial charge in [0.1, 0.15) is 0 Å². The first-order valence-corrected chi connectivity index (χ1v) is 5.99. The second-order valence-electron chi connectivity index (χ2n) is 4.41. The molecule has 0 radical (unpaired) electrons. The van der Waals surface area contributed by atoms with Crippen molar-refractivity contribution in [3.05, 3.63) is 59.9 Å². The van der Waals surface area contributed by atoms with E-state index in [0.717, 1.165) is 6.54 Å². The molecule has 0 saturated heterocycles. The highest BCUT2D eigenvalue weighted by atomic mass is 14.9. The summed E-state index contributed by atoms with van der Waals surface area (Å²) in [6, 6.07) is 13.1. The molecule has 1 heterocycles. The molecule has 0 aliphatic heterocycles. The molecule has 0 spiro atoms. The largest absolute Gasteiger partial charge is 0.350 e. The van der Waals surface area contributed by atoms with Gasteiger partial charge < -0.3 is 4.57 Å². The third kappa shape index (κ3) is 2.54. The third-order valence-electron chi connectivity index (χ3n) is 3.19. The zero-order chi connectivity index (χ0) is 11.4. The van der Waals surface area contributed by atoms with Crippen molar-refractivity contribution in [2.75, 3.05) is 0 Å². The SMILES string of the molecule is CCC(C)c1ccc(Cn2cccc2)cc1. The summed E-state index contributed by atoms with van der Waals surface area (Å²) < 4.78 is 2.19. The van der Waals surface area contributed by atoms with Crippen molar-refractivity contribution < 1.29 is 0 Å². The Balaban J connectivity index is 2.07. The molecule has 16 heavy (non-hydrogen) atoms. The number of hydrogen-bond donors (Lipinski definition) is 0. The van der Waals surface area contributed by atoms with Crippen LogP contribution in [0.25, 0.3) is 0 Å². The Morgan fingerprint density at radius 2 is 1.69 bits per heavy atom. The maximum absolute atomic E-state index is 2.28. The van der Waals surface area contributed by atoms with Crippen LogP contribution in [-0.2, 0) is 6.54 Å². The van der Waals surface area contributed by atoms with E-state index < -0.39 is 0 Å². The second-order valence-corrected chi connectivity index (χ2v) is 4.41. The van der Waals surface area contributed by atoms with Crippen molar-refractivity contribution in [1.29, 1.82) is 0 Å². The fourth-order valence-corrected chi connectivity index (χ4v) is 1.87. The molecule has 0 aliphatic rings. The summed E-state index contributed by atoms with van der Waals surface area (Å²) in [6.45, 7) is 5.48. The van der Waals surface area contributed by atoms with Crippen LogP contribution in [0.2, 0.25) is 0 Å². The van der Waals surface area contributed by atoms with E-state index in [9.17, 15) is 0 Å². The first-order valence-electron chi connectivity index (χ1n) is 5.99. The van der Waals surface area contributed by atoms with Crippen LogP contribution in [0.3, 0.4) is 0 Å². The predicted molar refractivity (Wildman–Crippen MR) is 68.7 cm³/mol. The quantitative estimate of drug-likeness (QED) is 0.722. The number of nitrogens with zero attached hydrogens (tertiary/aromatic N) is 1. The summed E-state index contributed by atoms with van der Waals surface area (Å²) in [4.78, 5) is 0. The van der Waals surface area contributed by atoms with Gasteiger partial charge in [0.05, 0.1) is 0 Å². The van der Waals surface area contributed by atoms with Crippen molar-refractivity contribution in [2.24, 2.45) is 0 Å². The monoisotopic (exact) mass is 213 g/mol. The summed E-state index contributed by atoms with van der Waals surface area (Å²) in [5.41, 5.74) is 2.81. The van der Waals surface area contributed by atoms with Crippen LogP contribution in [0.1, 0.15) is 37.3 Å². The lowest BCUT2D eigenvalue weighted by atomic mass is 9.98. The number of rotatable bonds is 4. The fraction of sp³-hybridized carbons (Fsp3) is 0.333. The van der Waals surface area contributed by atoms with Gasteiger partial charge in [-0.3, -0.25) is 0 Å². The highest BCUT2D eigenvalue weighted by Gasteiger charge is 2.02. The molecule has 2 rings (SSSR count). The van der Waals surface area contributed by atoms with Crippen molar-refractivity contribution in [2.45, 2.75) is 32.7 Å². The van der Waals surface area contributed by atoms with Crippen molar-refractivity contribution in [3.8, 4) is 0 Å². The molecule has 1 unspecified atom stereocenters. The predicted octanol–water partition coefficient (Wildman–Crippen LogP) is 4.05. The third-order valence-corrected chi connectivity index (χ3v) is 3.19. The van der Waals surface area contributed by atoms with Gasteiger partial charge in [0, 0.05) is 18.9 Å². The summed E-state index contributed by atoms with van der Waals surface area (Å²) >= 11 is 0. The fourth-order valence-electron chi connectivity index (χ4n) is 1.87. The van der Waals surface area contributed by atoms with E-state index in [0.29, 0.717) is 5.92 Å². The molecular formula is C15H19N. The highest BCUT2D eigenvalue weighted by molar-refractivity contribution is 5.25. The Labute approximate surface area is 97.7 Å². The molecule has 0 N–H and O–H groups in total. The Hall–Kier alpha value is -1.50. The van der Waals surface area contributed by atoms with Crippen LogP contribution in [0.5, 0.6) is 0 Å².